The second-order valence-corrected chi connectivity index (χ2v) is 7.53. The quantitative estimate of drug-likeness (QED) is 0.748. The molecule has 0 spiro atoms. The van der Waals surface area contributed by atoms with Crippen LogP contribution in [0.25, 0.3) is 0 Å². The number of benzene rings is 2. The summed E-state index contributed by atoms with van der Waals surface area (Å²) in [7, 11) is 0. The van der Waals surface area contributed by atoms with Gasteiger partial charge in [0.25, 0.3) is 5.91 Å². The van der Waals surface area contributed by atoms with Gasteiger partial charge in [0.1, 0.15) is 6.67 Å². The lowest BCUT2D eigenvalue weighted by Gasteiger charge is -2.44. The Labute approximate surface area is 168 Å². The standard InChI is InChI=1S/C23H21N3O3/c27-19-13-14-25-21(22(19)28)23(29)24(18-11-12-18)15-26(25)20(16-7-3-1-4-8-16)17-9-5-2-6-10-17/h1-10,13-14,18,20,28H,11-12,15H2. The van der Waals surface area contributed by atoms with E-state index in [2.05, 4.69) is 24.3 Å². The molecular formula is C23H21N3O3. The summed E-state index contributed by atoms with van der Waals surface area (Å²) in [6.07, 6.45) is 3.47. The van der Waals surface area contributed by atoms with E-state index >= 15 is 0 Å². The maximum absolute atomic E-state index is 13.1. The summed E-state index contributed by atoms with van der Waals surface area (Å²) in [5.74, 6) is -0.786. The van der Waals surface area contributed by atoms with Gasteiger partial charge in [-0.25, -0.2) is 0 Å². The fourth-order valence-electron chi connectivity index (χ4n) is 4.04. The van der Waals surface area contributed by atoms with Crippen LogP contribution in [0.5, 0.6) is 5.75 Å². The topological polar surface area (TPSA) is 65.8 Å². The average molecular weight is 387 g/mol. The van der Waals surface area contributed by atoms with Crippen LogP contribution < -0.4 is 10.4 Å². The lowest BCUT2D eigenvalue weighted by atomic mass is 9.98. The number of hydrogen-bond donors (Lipinski definition) is 1. The van der Waals surface area contributed by atoms with E-state index in [4.69, 9.17) is 0 Å². The van der Waals surface area contributed by atoms with Crippen LogP contribution in [0, 0.1) is 0 Å². The Bertz CT molecular complexity index is 1070. The number of pyridine rings is 1. The molecule has 6 nitrogen and oxygen atoms in total. The molecule has 2 heterocycles. The first-order valence-electron chi connectivity index (χ1n) is 9.77. The largest absolute Gasteiger partial charge is 0.502 e. The predicted molar refractivity (Wildman–Crippen MR) is 109 cm³/mol. The third-order valence-corrected chi connectivity index (χ3v) is 5.61. The van der Waals surface area contributed by atoms with Gasteiger partial charge in [-0.3, -0.25) is 19.3 Å². The molecule has 0 radical (unpaired) electrons. The molecule has 2 aliphatic rings. The van der Waals surface area contributed by atoms with Crippen LogP contribution in [0.3, 0.4) is 0 Å². The Balaban J connectivity index is 1.72. The van der Waals surface area contributed by atoms with Crippen molar-refractivity contribution in [2.75, 3.05) is 11.7 Å². The number of nitrogens with zero attached hydrogens (tertiary/aromatic N) is 3. The van der Waals surface area contributed by atoms with Crippen LogP contribution in [0.4, 0.5) is 0 Å². The number of aromatic hydroxyl groups is 1. The normalized spacial score (nSPS) is 16.2. The van der Waals surface area contributed by atoms with Crippen molar-refractivity contribution in [3.05, 3.63) is 100.0 Å². The minimum atomic E-state index is -0.543. The molecule has 1 fully saturated rings. The van der Waals surface area contributed by atoms with E-state index in [1.54, 1.807) is 15.8 Å². The summed E-state index contributed by atoms with van der Waals surface area (Å²) in [5, 5.41) is 12.5. The highest BCUT2D eigenvalue weighted by Gasteiger charge is 2.42. The van der Waals surface area contributed by atoms with Crippen LogP contribution in [0.2, 0.25) is 0 Å². The van der Waals surface area contributed by atoms with Gasteiger partial charge in [0.2, 0.25) is 5.43 Å². The number of carbonyl (C=O) groups excluding carboxylic acids is 1. The minimum Gasteiger partial charge on any atom is -0.502 e. The second-order valence-electron chi connectivity index (χ2n) is 7.53. The van der Waals surface area contributed by atoms with E-state index in [9.17, 15) is 14.7 Å². The van der Waals surface area contributed by atoms with E-state index in [1.807, 2.05) is 41.4 Å². The van der Waals surface area contributed by atoms with Gasteiger partial charge in [0.05, 0.1) is 6.04 Å². The summed E-state index contributed by atoms with van der Waals surface area (Å²) in [5.41, 5.74) is 1.62. The Hall–Kier alpha value is -3.54. The number of amides is 1. The van der Waals surface area contributed by atoms with E-state index in [1.165, 1.54) is 6.07 Å². The third-order valence-electron chi connectivity index (χ3n) is 5.61. The SMILES string of the molecule is O=C1c2c(O)c(=O)ccn2N(C(c2ccccc2)c2ccccc2)CN1C1CC1. The summed E-state index contributed by atoms with van der Waals surface area (Å²) in [4.78, 5) is 27.0. The molecule has 1 aliphatic heterocycles. The highest BCUT2D eigenvalue weighted by Crippen LogP contribution is 2.36. The number of fused-ring (bicyclic) bond motifs is 1. The van der Waals surface area contributed by atoms with Crippen LogP contribution >= 0.6 is 0 Å². The Morgan fingerprint density at radius 3 is 2.00 bits per heavy atom. The van der Waals surface area contributed by atoms with Gasteiger partial charge in [-0.15, -0.1) is 0 Å². The molecule has 5 rings (SSSR count). The average Bonchev–Trinajstić information content (AvgIpc) is 3.59. The molecule has 1 aliphatic carbocycles. The van der Waals surface area contributed by atoms with Crippen molar-refractivity contribution < 1.29 is 9.90 Å². The summed E-state index contributed by atoms with van der Waals surface area (Å²) >= 11 is 0. The molecule has 1 saturated carbocycles. The van der Waals surface area contributed by atoms with Crippen molar-refractivity contribution in [2.45, 2.75) is 24.9 Å². The highest BCUT2D eigenvalue weighted by atomic mass is 16.3. The molecule has 0 unspecified atom stereocenters. The molecule has 0 bridgehead atoms. The lowest BCUT2D eigenvalue weighted by Crippen LogP contribution is -2.56. The van der Waals surface area contributed by atoms with Gasteiger partial charge in [0.15, 0.2) is 11.4 Å². The first kappa shape index (κ1) is 17.6. The van der Waals surface area contributed by atoms with Crippen LogP contribution in [-0.4, -0.2) is 33.3 Å². The van der Waals surface area contributed by atoms with E-state index < -0.39 is 11.2 Å². The molecular weight excluding hydrogens is 366 g/mol. The summed E-state index contributed by atoms with van der Waals surface area (Å²) in [6.45, 7) is 0.382. The maximum Gasteiger partial charge on any atom is 0.278 e. The zero-order chi connectivity index (χ0) is 20.0. The minimum absolute atomic E-state index is 0.0347. The van der Waals surface area contributed by atoms with E-state index in [0.717, 1.165) is 24.0 Å². The second kappa shape index (κ2) is 6.81. The van der Waals surface area contributed by atoms with Crippen LogP contribution in [0.15, 0.2) is 77.7 Å². The maximum atomic E-state index is 13.1. The van der Waals surface area contributed by atoms with Crippen LogP contribution in [-0.2, 0) is 0 Å². The Kier molecular flexibility index (Phi) is 4.12. The molecule has 1 amide bonds. The van der Waals surface area contributed by atoms with E-state index in [-0.39, 0.29) is 23.7 Å². The Morgan fingerprint density at radius 2 is 1.45 bits per heavy atom. The number of aromatic nitrogens is 1. The van der Waals surface area contributed by atoms with Gasteiger partial charge in [-0.05, 0) is 24.0 Å². The van der Waals surface area contributed by atoms with Crippen molar-refractivity contribution >= 4 is 5.91 Å². The lowest BCUT2D eigenvalue weighted by molar-refractivity contribution is 0.0665. The smallest absolute Gasteiger partial charge is 0.278 e. The van der Waals surface area contributed by atoms with Gasteiger partial charge < -0.3 is 10.0 Å². The fourth-order valence-corrected chi connectivity index (χ4v) is 4.04. The molecule has 1 aromatic heterocycles. The van der Waals surface area contributed by atoms with Crippen molar-refractivity contribution in [1.82, 2.24) is 9.58 Å². The molecule has 6 heteroatoms. The molecule has 29 heavy (non-hydrogen) atoms. The van der Waals surface area contributed by atoms with Crippen molar-refractivity contribution in [3.63, 3.8) is 0 Å². The van der Waals surface area contributed by atoms with Crippen LogP contribution in [0.1, 0.15) is 40.5 Å². The van der Waals surface area contributed by atoms with Gasteiger partial charge >= 0.3 is 0 Å². The number of carbonyl (C=O) groups is 1. The third kappa shape index (κ3) is 2.97. The fraction of sp³-hybridized carbons (Fsp3) is 0.217. The Morgan fingerprint density at radius 1 is 0.862 bits per heavy atom. The van der Waals surface area contributed by atoms with Crippen molar-refractivity contribution in [3.8, 4) is 5.75 Å². The molecule has 146 valence electrons. The predicted octanol–water partition coefficient (Wildman–Crippen LogP) is 2.86. The zero-order valence-electron chi connectivity index (χ0n) is 15.8. The monoisotopic (exact) mass is 387 g/mol. The highest BCUT2D eigenvalue weighted by molar-refractivity contribution is 5.96. The van der Waals surface area contributed by atoms with E-state index in [0.29, 0.717) is 6.67 Å². The van der Waals surface area contributed by atoms with Gasteiger partial charge in [0, 0.05) is 18.3 Å². The molecule has 1 N–H and O–H groups in total. The first-order valence-corrected chi connectivity index (χ1v) is 9.77. The van der Waals surface area contributed by atoms with Crippen molar-refractivity contribution in [1.29, 1.82) is 0 Å². The molecule has 2 aromatic carbocycles. The number of hydrogen-bond acceptors (Lipinski definition) is 4. The molecule has 0 atom stereocenters. The summed E-state index contributed by atoms with van der Waals surface area (Å²) in [6, 6.07) is 21.4. The molecule has 0 saturated heterocycles. The number of rotatable bonds is 4. The first-order chi connectivity index (χ1) is 14.1. The zero-order valence-corrected chi connectivity index (χ0v) is 15.8. The van der Waals surface area contributed by atoms with Crippen molar-refractivity contribution in [2.24, 2.45) is 0 Å². The summed E-state index contributed by atoms with van der Waals surface area (Å²) < 4.78 is 1.64. The molecule has 3 aromatic rings. The van der Waals surface area contributed by atoms with Gasteiger partial charge in [-0.1, -0.05) is 60.7 Å². The van der Waals surface area contributed by atoms with Gasteiger partial charge in [-0.2, -0.15) is 0 Å².